The normalized spacial score (nSPS) is 10.7. The van der Waals surface area contributed by atoms with Crippen LogP contribution in [0.15, 0.2) is 41.0 Å². The maximum Gasteiger partial charge on any atom is 0.254 e. The highest BCUT2D eigenvalue weighted by Gasteiger charge is 2.14. The summed E-state index contributed by atoms with van der Waals surface area (Å²) in [6.45, 7) is 0. The molecule has 3 rings (SSSR count). The summed E-state index contributed by atoms with van der Waals surface area (Å²) < 4.78 is 0.743. The summed E-state index contributed by atoms with van der Waals surface area (Å²) in [5.41, 5.74) is 12.4. The average molecular weight is 344 g/mol. The van der Waals surface area contributed by atoms with Gasteiger partial charge in [0.05, 0.1) is 11.1 Å². The molecule has 1 amide bonds. The fourth-order valence-corrected chi connectivity index (χ4v) is 2.46. The minimum absolute atomic E-state index is 0.0364. The number of primary amides is 1. The van der Waals surface area contributed by atoms with Crippen LogP contribution in [-0.2, 0) is 0 Å². The molecule has 7 heteroatoms. The molecule has 0 atom stereocenters. The zero-order valence-corrected chi connectivity index (χ0v) is 12.3. The standard InChI is InChI=1S/C14H10BrN5O/c15-9-5-7-3-1-2-4-10(7)19-11(9)14-18-6-8(13(17)21)12(16)20-14/h1-6H,(H2,17,21)(H2,16,18,20). The number of pyridine rings is 1. The van der Waals surface area contributed by atoms with Crippen LogP contribution in [0.2, 0.25) is 0 Å². The first kappa shape index (κ1) is 13.4. The number of anilines is 1. The van der Waals surface area contributed by atoms with Gasteiger partial charge >= 0.3 is 0 Å². The third-order valence-electron chi connectivity index (χ3n) is 2.97. The van der Waals surface area contributed by atoms with Crippen molar-refractivity contribution in [2.75, 3.05) is 5.73 Å². The topological polar surface area (TPSA) is 108 Å². The molecule has 0 saturated heterocycles. The van der Waals surface area contributed by atoms with Crippen molar-refractivity contribution in [3.63, 3.8) is 0 Å². The van der Waals surface area contributed by atoms with E-state index in [1.54, 1.807) is 0 Å². The fraction of sp³-hybridized carbons (Fsp3) is 0. The average Bonchev–Trinajstić information content (AvgIpc) is 2.46. The van der Waals surface area contributed by atoms with Crippen LogP contribution in [0.5, 0.6) is 0 Å². The minimum atomic E-state index is -0.662. The van der Waals surface area contributed by atoms with Gasteiger partial charge in [-0.3, -0.25) is 4.79 Å². The Labute approximate surface area is 128 Å². The van der Waals surface area contributed by atoms with Crippen LogP contribution in [-0.4, -0.2) is 20.9 Å². The molecule has 21 heavy (non-hydrogen) atoms. The van der Waals surface area contributed by atoms with E-state index in [0.717, 1.165) is 15.4 Å². The van der Waals surface area contributed by atoms with Crippen molar-refractivity contribution >= 4 is 38.6 Å². The Bertz CT molecular complexity index is 865. The highest BCUT2D eigenvalue weighted by Crippen LogP contribution is 2.28. The Morgan fingerprint density at radius 3 is 2.67 bits per heavy atom. The second kappa shape index (κ2) is 5.10. The molecule has 0 saturated carbocycles. The number of rotatable bonds is 2. The summed E-state index contributed by atoms with van der Waals surface area (Å²) >= 11 is 3.45. The first-order valence-corrected chi connectivity index (χ1v) is 6.83. The number of nitrogen functional groups attached to an aromatic ring is 1. The summed E-state index contributed by atoms with van der Waals surface area (Å²) in [6.07, 6.45) is 1.31. The Morgan fingerprint density at radius 2 is 1.95 bits per heavy atom. The lowest BCUT2D eigenvalue weighted by atomic mass is 10.2. The number of halogens is 1. The van der Waals surface area contributed by atoms with Crippen LogP contribution >= 0.6 is 15.9 Å². The second-order valence-electron chi connectivity index (χ2n) is 4.37. The fourth-order valence-electron chi connectivity index (χ4n) is 1.95. The smallest absolute Gasteiger partial charge is 0.254 e. The molecule has 2 aromatic heterocycles. The Kier molecular flexibility index (Phi) is 3.26. The predicted molar refractivity (Wildman–Crippen MR) is 83.4 cm³/mol. The van der Waals surface area contributed by atoms with Crippen LogP contribution in [0.3, 0.4) is 0 Å². The number of nitrogens with two attached hydrogens (primary N) is 2. The summed E-state index contributed by atoms with van der Waals surface area (Å²) in [5.74, 6) is -0.297. The molecule has 0 fully saturated rings. The molecule has 104 valence electrons. The van der Waals surface area contributed by atoms with Crippen molar-refractivity contribution in [3.05, 3.63) is 46.6 Å². The molecule has 0 bridgehead atoms. The maximum atomic E-state index is 11.1. The summed E-state index contributed by atoms with van der Waals surface area (Å²) in [6, 6.07) is 9.62. The Hall–Kier alpha value is -2.54. The highest BCUT2D eigenvalue weighted by atomic mass is 79.9. The highest BCUT2D eigenvalue weighted by molar-refractivity contribution is 9.10. The van der Waals surface area contributed by atoms with Crippen LogP contribution in [0.25, 0.3) is 22.4 Å². The summed E-state index contributed by atoms with van der Waals surface area (Å²) in [5, 5.41) is 0.995. The van der Waals surface area contributed by atoms with Gasteiger partial charge in [0.15, 0.2) is 5.82 Å². The molecule has 4 N–H and O–H groups in total. The zero-order valence-electron chi connectivity index (χ0n) is 10.7. The van der Waals surface area contributed by atoms with Gasteiger partial charge in [-0.1, -0.05) is 18.2 Å². The number of nitrogens with zero attached hydrogens (tertiary/aromatic N) is 3. The molecular weight excluding hydrogens is 334 g/mol. The van der Waals surface area contributed by atoms with Crippen molar-refractivity contribution in [1.29, 1.82) is 0 Å². The lowest BCUT2D eigenvalue weighted by molar-refractivity contribution is 0.100. The van der Waals surface area contributed by atoms with Gasteiger partial charge in [0.1, 0.15) is 11.5 Å². The number of carbonyl (C=O) groups excluding carboxylic acids is 1. The van der Waals surface area contributed by atoms with Crippen molar-refractivity contribution in [2.45, 2.75) is 0 Å². The molecule has 0 radical (unpaired) electrons. The minimum Gasteiger partial charge on any atom is -0.383 e. The van der Waals surface area contributed by atoms with Crippen LogP contribution in [0.4, 0.5) is 5.82 Å². The van der Waals surface area contributed by atoms with Gasteiger partial charge < -0.3 is 11.5 Å². The number of amides is 1. The maximum absolute atomic E-state index is 11.1. The monoisotopic (exact) mass is 343 g/mol. The lowest BCUT2D eigenvalue weighted by Gasteiger charge is -2.07. The molecule has 2 heterocycles. The van der Waals surface area contributed by atoms with Gasteiger partial charge in [-0.15, -0.1) is 0 Å². The number of hydrogen-bond donors (Lipinski definition) is 2. The number of aromatic nitrogens is 3. The van der Waals surface area contributed by atoms with E-state index < -0.39 is 5.91 Å². The molecule has 1 aromatic carbocycles. The van der Waals surface area contributed by atoms with Crippen molar-refractivity contribution in [1.82, 2.24) is 15.0 Å². The van der Waals surface area contributed by atoms with Crippen LogP contribution in [0, 0.1) is 0 Å². The molecule has 0 unspecified atom stereocenters. The molecular formula is C14H10BrN5O. The second-order valence-corrected chi connectivity index (χ2v) is 5.22. The SMILES string of the molecule is NC(=O)c1cnc(-c2nc3ccccc3cc2Br)nc1N. The molecule has 0 spiro atoms. The number of para-hydroxylation sites is 1. The predicted octanol–water partition coefficient (Wildman–Crippen LogP) is 2.14. The molecule has 0 aliphatic heterocycles. The van der Waals surface area contributed by atoms with Gasteiger partial charge in [-0.05, 0) is 28.1 Å². The third kappa shape index (κ3) is 2.43. The van der Waals surface area contributed by atoms with E-state index in [0.29, 0.717) is 11.5 Å². The third-order valence-corrected chi connectivity index (χ3v) is 3.58. The van der Waals surface area contributed by atoms with E-state index in [-0.39, 0.29) is 11.4 Å². The number of benzene rings is 1. The molecule has 0 aliphatic carbocycles. The Morgan fingerprint density at radius 1 is 1.19 bits per heavy atom. The van der Waals surface area contributed by atoms with E-state index >= 15 is 0 Å². The van der Waals surface area contributed by atoms with E-state index in [1.165, 1.54) is 6.20 Å². The van der Waals surface area contributed by atoms with Crippen molar-refractivity contribution < 1.29 is 4.79 Å². The molecule has 3 aromatic rings. The van der Waals surface area contributed by atoms with Crippen LogP contribution in [0.1, 0.15) is 10.4 Å². The van der Waals surface area contributed by atoms with Gasteiger partial charge in [-0.25, -0.2) is 15.0 Å². The summed E-state index contributed by atoms with van der Waals surface area (Å²) in [7, 11) is 0. The quantitative estimate of drug-likeness (QED) is 0.740. The van der Waals surface area contributed by atoms with E-state index in [9.17, 15) is 4.79 Å². The van der Waals surface area contributed by atoms with Crippen molar-refractivity contribution in [2.24, 2.45) is 5.73 Å². The first-order valence-electron chi connectivity index (χ1n) is 6.04. The van der Waals surface area contributed by atoms with Gasteiger partial charge in [0, 0.05) is 16.1 Å². The van der Waals surface area contributed by atoms with E-state index in [2.05, 4.69) is 30.9 Å². The van der Waals surface area contributed by atoms with E-state index in [1.807, 2.05) is 30.3 Å². The lowest BCUT2D eigenvalue weighted by Crippen LogP contribution is -2.15. The van der Waals surface area contributed by atoms with E-state index in [4.69, 9.17) is 11.5 Å². The summed E-state index contributed by atoms with van der Waals surface area (Å²) in [4.78, 5) is 23.9. The number of fused-ring (bicyclic) bond motifs is 1. The first-order chi connectivity index (χ1) is 10.1. The molecule has 6 nitrogen and oxygen atoms in total. The number of carbonyl (C=O) groups is 1. The Balaban J connectivity index is 2.18. The largest absolute Gasteiger partial charge is 0.383 e. The molecule has 0 aliphatic rings. The number of hydrogen-bond acceptors (Lipinski definition) is 5. The van der Waals surface area contributed by atoms with Crippen LogP contribution < -0.4 is 11.5 Å². The van der Waals surface area contributed by atoms with Gasteiger partial charge in [-0.2, -0.15) is 0 Å². The van der Waals surface area contributed by atoms with Gasteiger partial charge in [0.2, 0.25) is 0 Å². The van der Waals surface area contributed by atoms with Gasteiger partial charge in [0.25, 0.3) is 5.91 Å². The van der Waals surface area contributed by atoms with Crippen molar-refractivity contribution in [3.8, 4) is 11.5 Å². The zero-order chi connectivity index (χ0) is 15.0.